The van der Waals surface area contributed by atoms with Gasteiger partial charge in [0.1, 0.15) is 10.8 Å². The smallest absolute Gasteiger partial charge is 0.258 e. The van der Waals surface area contributed by atoms with Crippen LogP contribution in [0.25, 0.3) is 5.57 Å². The van der Waals surface area contributed by atoms with Crippen molar-refractivity contribution in [3.63, 3.8) is 0 Å². The Kier molecular flexibility index (Phi) is 7.45. The summed E-state index contributed by atoms with van der Waals surface area (Å²) in [7, 11) is 2.99. The van der Waals surface area contributed by atoms with Crippen LogP contribution in [-0.4, -0.2) is 45.4 Å². The standard InChI is InChI=1S/C22H27Cl2NO5/c1-4-6-22-7-5-14(26)9-15(22)19-13(10-22)8-16(20(23)21(19)24)30-12-17(27)25-11-18(28-2)29-3/h8-9,18H,4-7,10-12H2,1-3H3,(H,25,27). The lowest BCUT2D eigenvalue weighted by Crippen LogP contribution is -2.36. The highest BCUT2D eigenvalue weighted by Gasteiger charge is 2.45. The number of hydrogen-bond acceptors (Lipinski definition) is 5. The Bertz CT molecular complexity index is 866. The Hall–Kier alpha value is -1.60. The second kappa shape index (κ2) is 9.69. The molecule has 2 aliphatic rings. The predicted octanol–water partition coefficient (Wildman–Crippen LogP) is 4.20. The van der Waals surface area contributed by atoms with Crippen LogP contribution in [0.5, 0.6) is 5.75 Å². The molecule has 1 N–H and O–H groups in total. The van der Waals surface area contributed by atoms with Gasteiger partial charge in [0.25, 0.3) is 5.91 Å². The zero-order valence-electron chi connectivity index (χ0n) is 17.5. The molecule has 164 valence electrons. The summed E-state index contributed by atoms with van der Waals surface area (Å²) in [5.41, 5.74) is 2.77. The minimum Gasteiger partial charge on any atom is -0.482 e. The van der Waals surface area contributed by atoms with Crippen molar-refractivity contribution in [3.8, 4) is 5.75 Å². The minimum atomic E-state index is -0.527. The summed E-state index contributed by atoms with van der Waals surface area (Å²) in [6, 6.07) is 1.85. The number of ketones is 1. The highest BCUT2D eigenvalue weighted by Crippen LogP contribution is 2.58. The molecule has 1 aromatic carbocycles. The molecule has 8 heteroatoms. The Morgan fingerprint density at radius 1 is 1.27 bits per heavy atom. The Morgan fingerprint density at radius 2 is 2.00 bits per heavy atom. The number of carbonyl (C=O) groups excluding carboxylic acids is 2. The molecule has 6 nitrogen and oxygen atoms in total. The molecule has 1 aromatic rings. The van der Waals surface area contributed by atoms with Crippen molar-refractivity contribution < 1.29 is 23.8 Å². The largest absolute Gasteiger partial charge is 0.482 e. The van der Waals surface area contributed by atoms with Crippen molar-refractivity contribution >= 4 is 40.5 Å². The highest BCUT2D eigenvalue weighted by molar-refractivity contribution is 6.44. The fourth-order valence-electron chi connectivity index (χ4n) is 4.44. The van der Waals surface area contributed by atoms with Gasteiger partial charge in [-0.1, -0.05) is 36.5 Å². The quantitative estimate of drug-likeness (QED) is 0.564. The van der Waals surface area contributed by atoms with E-state index in [1.165, 1.54) is 14.2 Å². The summed E-state index contributed by atoms with van der Waals surface area (Å²) in [5.74, 6) is 0.160. The molecule has 0 spiro atoms. The van der Waals surface area contributed by atoms with E-state index in [1.807, 2.05) is 6.07 Å². The zero-order valence-corrected chi connectivity index (χ0v) is 19.0. The van der Waals surface area contributed by atoms with Crippen LogP contribution in [0.3, 0.4) is 0 Å². The van der Waals surface area contributed by atoms with E-state index in [2.05, 4.69) is 12.2 Å². The van der Waals surface area contributed by atoms with Crippen molar-refractivity contribution in [2.45, 2.75) is 45.3 Å². The number of rotatable bonds is 9. The van der Waals surface area contributed by atoms with Crippen molar-refractivity contribution in [3.05, 3.63) is 33.3 Å². The normalized spacial score (nSPS) is 20.1. The molecular weight excluding hydrogens is 429 g/mol. The number of nitrogens with one attached hydrogen (secondary N) is 1. The van der Waals surface area contributed by atoms with Crippen LogP contribution >= 0.6 is 23.2 Å². The first-order valence-corrected chi connectivity index (χ1v) is 10.8. The van der Waals surface area contributed by atoms with Crippen molar-refractivity contribution in [1.29, 1.82) is 0 Å². The van der Waals surface area contributed by atoms with E-state index < -0.39 is 6.29 Å². The van der Waals surface area contributed by atoms with Crippen LogP contribution in [0.2, 0.25) is 10.0 Å². The van der Waals surface area contributed by atoms with Crippen LogP contribution in [0.1, 0.15) is 43.7 Å². The van der Waals surface area contributed by atoms with Gasteiger partial charge in [-0.3, -0.25) is 9.59 Å². The molecule has 0 fully saturated rings. The number of carbonyl (C=O) groups is 2. The van der Waals surface area contributed by atoms with Gasteiger partial charge in [0.2, 0.25) is 0 Å². The molecule has 30 heavy (non-hydrogen) atoms. The van der Waals surface area contributed by atoms with Crippen molar-refractivity contribution in [1.82, 2.24) is 5.32 Å². The summed E-state index contributed by atoms with van der Waals surface area (Å²) in [6.07, 6.45) is 5.36. The fraction of sp³-hybridized carbons (Fsp3) is 0.545. The number of ether oxygens (including phenoxy) is 3. The van der Waals surface area contributed by atoms with Gasteiger partial charge in [-0.15, -0.1) is 0 Å². The van der Waals surface area contributed by atoms with E-state index in [0.29, 0.717) is 17.2 Å². The van der Waals surface area contributed by atoms with Gasteiger partial charge in [0.05, 0.1) is 11.6 Å². The maximum absolute atomic E-state index is 12.1. The zero-order chi connectivity index (χ0) is 21.9. The minimum absolute atomic E-state index is 0.0801. The van der Waals surface area contributed by atoms with E-state index in [1.54, 1.807) is 6.08 Å². The van der Waals surface area contributed by atoms with Gasteiger partial charge in [-0.05, 0) is 42.5 Å². The third-order valence-corrected chi connectivity index (χ3v) is 6.71. The molecule has 1 amide bonds. The number of hydrogen-bond donors (Lipinski definition) is 1. The molecule has 0 aromatic heterocycles. The number of fused-ring (bicyclic) bond motifs is 3. The summed E-state index contributed by atoms with van der Waals surface area (Å²) in [5, 5.41) is 3.30. The molecule has 1 atom stereocenters. The first-order valence-electron chi connectivity index (χ1n) is 10.1. The second-order valence-electron chi connectivity index (χ2n) is 7.76. The van der Waals surface area contributed by atoms with Crippen molar-refractivity contribution in [2.24, 2.45) is 5.41 Å². The molecule has 0 aliphatic heterocycles. The molecule has 1 unspecified atom stereocenters. The summed E-state index contributed by atoms with van der Waals surface area (Å²) >= 11 is 13.1. The molecule has 3 rings (SSSR count). The number of allylic oxidation sites excluding steroid dienone is 2. The van der Waals surface area contributed by atoms with E-state index >= 15 is 0 Å². The SMILES string of the molecule is CCCC12CCC(=O)C=C1c1c(cc(OCC(=O)NCC(OC)OC)c(Cl)c1Cl)C2. The maximum atomic E-state index is 12.1. The van der Waals surface area contributed by atoms with Gasteiger partial charge >= 0.3 is 0 Å². The van der Waals surface area contributed by atoms with E-state index in [9.17, 15) is 9.59 Å². The van der Waals surface area contributed by atoms with Crippen LogP contribution in [0, 0.1) is 5.41 Å². The maximum Gasteiger partial charge on any atom is 0.258 e. The average Bonchev–Trinajstić information content (AvgIpc) is 3.04. The summed E-state index contributed by atoms with van der Waals surface area (Å²) < 4.78 is 15.7. The van der Waals surface area contributed by atoms with E-state index in [-0.39, 0.29) is 35.3 Å². The highest BCUT2D eigenvalue weighted by atomic mass is 35.5. The van der Waals surface area contributed by atoms with Gasteiger partial charge in [0, 0.05) is 31.6 Å². The lowest BCUT2D eigenvalue weighted by molar-refractivity contribution is -0.129. The number of amides is 1. The molecule has 0 bridgehead atoms. The summed E-state index contributed by atoms with van der Waals surface area (Å²) in [6.45, 7) is 2.14. The Morgan fingerprint density at radius 3 is 2.67 bits per heavy atom. The number of benzene rings is 1. The van der Waals surface area contributed by atoms with E-state index in [4.69, 9.17) is 37.4 Å². The Labute approximate surface area is 186 Å². The van der Waals surface area contributed by atoms with Gasteiger partial charge in [0.15, 0.2) is 18.7 Å². The topological polar surface area (TPSA) is 73.9 Å². The Balaban J connectivity index is 1.79. The monoisotopic (exact) mass is 455 g/mol. The molecule has 0 radical (unpaired) electrons. The van der Waals surface area contributed by atoms with Crippen molar-refractivity contribution in [2.75, 3.05) is 27.4 Å². The molecule has 0 saturated heterocycles. The van der Waals surface area contributed by atoms with Gasteiger partial charge < -0.3 is 19.5 Å². The molecular formula is C22H27Cl2NO5. The summed E-state index contributed by atoms with van der Waals surface area (Å²) in [4.78, 5) is 24.2. The average molecular weight is 456 g/mol. The fourth-order valence-corrected chi connectivity index (χ4v) is 4.96. The van der Waals surface area contributed by atoms with Gasteiger partial charge in [-0.25, -0.2) is 0 Å². The van der Waals surface area contributed by atoms with Crippen LogP contribution in [0.15, 0.2) is 12.1 Å². The lowest BCUT2D eigenvalue weighted by Gasteiger charge is -2.33. The second-order valence-corrected chi connectivity index (χ2v) is 8.52. The van der Waals surface area contributed by atoms with E-state index in [0.717, 1.165) is 42.4 Å². The molecule has 2 aliphatic carbocycles. The number of halogens is 2. The third kappa shape index (κ3) is 4.52. The first-order chi connectivity index (χ1) is 14.3. The molecule has 0 saturated carbocycles. The van der Waals surface area contributed by atoms with Crippen LogP contribution < -0.4 is 10.1 Å². The molecule has 0 heterocycles. The lowest BCUT2D eigenvalue weighted by atomic mass is 9.70. The first kappa shape index (κ1) is 23.1. The van der Waals surface area contributed by atoms with Gasteiger partial charge in [-0.2, -0.15) is 0 Å². The van der Waals surface area contributed by atoms with Crippen LogP contribution in [0.4, 0.5) is 0 Å². The van der Waals surface area contributed by atoms with Crippen LogP contribution in [-0.2, 0) is 25.5 Å². The number of methoxy groups -OCH3 is 2. The predicted molar refractivity (Wildman–Crippen MR) is 116 cm³/mol. The third-order valence-electron chi connectivity index (χ3n) is 5.86.